The molecule has 0 amide bonds. The summed E-state index contributed by atoms with van der Waals surface area (Å²) >= 11 is 0. The minimum absolute atomic E-state index is 0.152. The molecule has 3 aromatic carbocycles. The minimum atomic E-state index is -0.525. The number of aromatic nitrogens is 3. The first kappa shape index (κ1) is 29.5. The molecule has 2 N–H and O–H groups in total. The quantitative estimate of drug-likeness (QED) is 0.211. The minimum Gasteiger partial charge on any atom is -0.493 e. The smallest absolute Gasteiger partial charge is 0.282 e. The van der Waals surface area contributed by atoms with Gasteiger partial charge in [-0.1, -0.05) is 18.2 Å². The predicted octanol–water partition coefficient (Wildman–Crippen LogP) is 5.80. The number of carbonyl (C=O) groups is 1. The molecular formula is C33H33FN4O5. The van der Waals surface area contributed by atoms with Crippen molar-refractivity contribution in [3.63, 3.8) is 0 Å². The second kappa shape index (κ2) is 12.5. The molecule has 1 saturated carbocycles. The van der Waals surface area contributed by atoms with Crippen LogP contribution in [0.3, 0.4) is 0 Å². The zero-order valence-corrected chi connectivity index (χ0v) is 24.2. The maximum atomic E-state index is 14.2. The van der Waals surface area contributed by atoms with Crippen molar-refractivity contribution in [1.82, 2.24) is 14.3 Å². The number of nitrogens with zero attached hydrogens (tertiary/aromatic N) is 3. The first-order chi connectivity index (χ1) is 20.7. The van der Waals surface area contributed by atoms with Crippen LogP contribution < -0.4 is 20.3 Å². The highest BCUT2D eigenvalue weighted by Gasteiger charge is 2.39. The van der Waals surface area contributed by atoms with Gasteiger partial charge in [-0.3, -0.25) is 19.3 Å². The maximum Gasteiger partial charge on any atom is 0.282 e. The normalized spacial score (nSPS) is 13.1. The number of nitrogens with one attached hydrogen (secondary N) is 1. The number of anilines is 1. The summed E-state index contributed by atoms with van der Waals surface area (Å²) in [5.74, 6) is 0.917. The Bertz CT molecular complexity index is 1810. The molecule has 2 heterocycles. The van der Waals surface area contributed by atoms with Crippen LogP contribution in [-0.4, -0.2) is 45.0 Å². The summed E-state index contributed by atoms with van der Waals surface area (Å²) in [6.07, 6.45) is 4.55. The number of pyridine rings is 1. The lowest BCUT2D eigenvalue weighted by Crippen LogP contribution is -2.20. The Labute approximate surface area is 248 Å². The first-order valence-corrected chi connectivity index (χ1v) is 13.9. The molecule has 9 nitrogen and oxygen atoms in total. The van der Waals surface area contributed by atoms with Gasteiger partial charge >= 0.3 is 0 Å². The van der Waals surface area contributed by atoms with Gasteiger partial charge in [0.1, 0.15) is 17.1 Å². The largest absolute Gasteiger partial charge is 0.493 e. The van der Waals surface area contributed by atoms with Crippen molar-refractivity contribution in [2.75, 3.05) is 19.0 Å². The summed E-state index contributed by atoms with van der Waals surface area (Å²) in [5, 5.41) is 13.5. The Morgan fingerprint density at radius 3 is 2.49 bits per heavy atom. The van der Waals surface area contributed by atoms with Crippen LogP contribution in [0.5, 0.6) is 17.2 Å². The van der Waals surface area contributed by atoms with Gasteiger partial charge in [0, 0.05) is 55.6 Å². The van der Waals surface area contributed by atoms with Crippen LogP contribution >= 0.6 is 0 Å². The van der Waals surface area contributed by atoms with Gasteiger partial charge in [0.05, 0.1) is 23.4 Å². The van der Waals surface area contributed by atoms with E-state index >= 15 is 0 Å². The zero-order valence-electron chi connectivity index (χ0n) is 24.2. The molecule has 0 radical (unpaired) electrons. The van der Waals surface area contributed by atoms with E-state index in [9.17, 15) is 19.1 Å². The lowest BCUT2D eigenvalue weighted by Gasteiger charge is -2.12. The van der Waals surface area contributed by atoms with Crippen molar-refractivity contribution < 1.29 is 23.8 Å². The molecule has 1 fully saturated rings. The Hall–Kier alpha value is -4.96. The van der Waals surface area contributed by atoms with Crippen LogP contribution in [0.15, 0.2) is 83.8 Å². The third-order valence-corrected chi connectivity index (χ3v) is 7.49. The van der Waals surface area contributed by atoms with Gasteiger partial charge in [0.2, 0.25) is 0 Å². The molecule has 222 valence electrons. The lowest BCUT2D eigenvalue weighted by molar-refractivity contribution is 0.112. The second-order valence-electron chi connectivity index (χ2n) is 10.4. The van der Waals surface area contributed by atoms with E-state index in [1.165, 1.54) is 10.7 Å². The van der Waals surface area contributed by atoms with Crippen LogP contribution in [0.4, 0.5) is 10.1 Å². The molecule has 10 heteroatoms. The summed E-state index contributed by atoms with van der Waals surface area (Å²) in [6, 6.07) is 21.2. The molecule has 6 rings (SSSR count). The molecule has 0 spiro atoms. The summed E-state index contributed by atoms with van der Waals surface area (Å²) in [6.45, 7) is 2.21. The third kappa shape index (κ3) is 6.60. The standard InChI is InChI=1S/C21H21FN2O3.C12H12N2O2/c1-23-14-2-5-20(17(22)12-14)27-19-6-10-24-18-13-15(3-4-16(18)19)26-11-9-21(25)7-8-21;1-9-11(8-15)12(16)14(13(9)2)10-6-4-3-5-7-10/h2-6,10,12-13,23,25H,7-9,11H2,1H3;3-8H,1-2H3. The van der Waals surface area contributed by atoms with E-state index in [0.717, 1.165) is 23.9 Å². The number of aliphatic hydroxyl groups is 1. The molecule has 2 aromatic heterocycles. The van der Waals surface area contributed by atoms with Gasteiger partial charge in [-0.25, -0.2) is 9.07 Å². The van der Waals surface area contributed by atoms with Gasteiger partial charge in [0.25, 0.3) is 5.56 Å². The number of rotatable bonds is 9. The monoisotopic (exact) mass is 584 g/mol. The first-order valence-electron chi connectivity index (χ1n) is 13.9. The Balaban J connectivity index is 0.000000196. The number of halogens is 1. The molecule has 0 bridgehead atoms. The fourth-order valence-corrected chi connectivity index (χ4v) is 4.62. The number of para-hydroxylation sites is 1. The average Bonchev–Trinajstić information content (AvgIpc) is 3.70. The van der Waals surface area contributed by atoms with Crippen molar-refractivity contribution in [3.05, 3.63) is 106 Å². The van der Waals surface area contributed by atoms with Crippen molar-refractivity contribution in [2.24, 2.45) is 7.05 Å². The lowest BCUT2D eigenvalue weighted by atomic mass is 10.2. The number of aldehydes is 1. The van der Waals surface area contributed by atoms with Crippen LogP contribution in [0.25, 0.3) is 16.6 Å². The van der Waals surface area contributed by atoms with Gasteiger partial charge < -0.3 is 19.9 Å². The summed E-state index contributed by atoms with van der Waals surface area (Å²) in [4.78, 5) is 27.1. The predicted molar refractivity (Wildman–Crippen MR) is 163 cm³/mol. The molecule has 43 heavy (non-hydrogen) atoms. The number of benzene rings is 3. The molecule has 0 aliphatic heterocycles. The van der Waals surface area contributed by atoms with E-state index in [0.29, 0.717) is 47.7 Å². The van der Waals surface area contributed by atoms with Crippen molar-refractivity contribution in [1.29, 1.82) is 0 Å². The van der Waals surface area contributed by atoms with Gasteiger partial charge in [0.15, 0.2) is 17.9 Å². The number of hydrogen-bond acceptors (Lipinski definition) is 7. The highest BCUT2D eigenvalue weighted by molar-refractivity contribution is 5.86. The summed E-state index contributed by atoms with van der Waals surface area (Å²) in [5.41, 5.74) is 2.21. The van der Waals surface area contributed by atoms with E-state index in [4.69, 9.17) is 9.47 Å². The zero-order chi connectivity index (χ0) is 30.6. The molecule has 0 unspecified atom stereocenters. The molecule has 0 saturated heterocycles. The van der Waals surface area contributed by atoms with Crippen LogP contribution in [0.1, 0.15) is 35.3 Å². The SMILES string of the molecule is CNc1ccc(Oc2ccnc3cc(OCCC4(O)CC4)ccc23)c(F)c1.Cc1c(C=O)c(=O)n(-c2ccccc2)n1C. The highest BCUT2D eigenvalue weighted by Crippen LogP contribution is 2.38. The summed E-state index contributed by atoms with van der Waals surface area (Å²) < 4.78 is 28.9. The average molecular weight is 585 g/mol. The molecule has 0 atom stereocenters. The van der Waals surface area contributed by atoms with Crippen LogP contribution in [-0.2, 0) is 7.05 Å². The second-order valence-corrected chi connectivity index (χ2v) is 10.4. The fraction of sp³-hybridized carbons (Fsp3) is 0.242. The van der Waals surface area contributed by atoms with Crippen LogP contribution in [0, 0.1) is 12.7 Å². The Kier molecular flexibility index (Phi) is 8.58. The molecule has 1 aliphatic rings. The van der Waals surface area contributed by atoms with Gasteiger partial charge in [-0.05, 0) is 62.2 Å². The van der Waals surface area contributed by atoms with E-state index in [-0.39, 0.29) is 16.9 Å². The third-order valence-electron chi connectivity index (χ3n) is 7.49. The van der Waals surface area contributed by atoms with E-state index in [2.05, 4.69) is 10.3 Å². The van der Waals surface area contributed by atoms with Crippen LogP contribution in [0.2, 0.25) is 0 Å². The van der Waals surface area contributed by atoms with Gasteiger partial charge in [-0.2, -0.15) is 0 Å². The van der Waals surface area contributed by atoms with E-state index in [1.54, 1.807) is 50.1 Å². The highest BCUT2D eigenvalue weighted by atomic mass is 19.1. The van der Waals surface area contributed by atoms with Crippen molar-refractivity contribution in [2.45, 2.75) is 31.8 Å². The topological polar surface area (TPSA) is 108 Å². The molecular weight excluding hydrogens is 551 g/mol. The number of carbonyl (C=O) groups excluding carboxylic acids is 1. The molecule has 5 aromatic rings. The van der Waals surface area contributed by atoms with Gasteiger partial charge in [-0.15, -0.1) is 0 Å². The van der Waals surface area contributed by atoms with Crippen molar-refractivity contribution in [3.8, 4) is 22.9 Å². The Morgan fingerprint density at radius 1 is 1.07 bits per heavy atom. The maximum absolute atomic E-state index is 14.2. The van der Waals surface area contributed by atoms with Crippen molar-refractivity contribution >= 4 is 22.9 Å². The molecule has 1 aliphatic carbocycles. The fourth-order valence-electron chi connectivity index (χ4n) is 4.62. The number of fused-ring (bicyclic) bond motifs is 1. The number of hydrogen-bond donors (Lipinski definition) is 2. The summed E-state index contributed by atoms with van der Waals surface area (Å²) in [7, 11) is 3.49. The van der Waals surface area contributed by atoms with E-state index < -0.39 is 11.4 Å². The number of ether oxygens (including phenoxy) is 2. The van der Waals surface area contributed by atoms with E-state index in [1.807, 2.05) is 48.5 Å². The Morgan fingerprint density at radius 2 is 1.84 bits per heavy atom.